The van der Waals surface area contributed by atoms with E-state index in [9.17, 15) is 4.79 Å². The van der Waals surface area contributed by atoms with Crippen LogP contribution in [0.4, 0.5) is 5.69 Å². The van der Waals surface area contributed by atoms with Crippen molar-refractivity contribution in [2.75, 3.05) is 11.9 Å². The molecule has 0 aliphatic carbocycles. The van der Waals surface area contributed by atoms with E-state index in [4.69, 9.17) is 0 Å². The minimum absolute atomic E-state index is 0.209. The first-order valence-corrected chi connectivity index (χ1v) is 7.54. The Bertz CT molecular complexity index is 577. The Labute approximate surface area is 115 Å². The molecule has 3 rings (SSSR count). The van der Waals surface area contributed by atoms with Crippen LogP contribution in [0.25, 0.3) is 0 Å². The van der Waals surface area contributed by atoms with Crippen molar-refractivity contribution < 1.29 is 4.79 Å². The van der Waals surface area contributed by atoms with Crippen LogP contribution in [-0.4, -0.2) is 13.0 Å². The number of fused-ring (bicyclic) bond motifs is 1. The van der Waals surface area contributed by atoms with Gasteiger partial charge in [0.2, 0.25) is 5.91 Å². The average molecular weight is 275 g/mol. The van der Waals surface area contributed by atoms with Gasteiger partial charge in [0.05, 0.1) is 4.21 Å². The fourth-order valence-electron chi connectivity index (χ4n) is 2.13. The fourth-order valence-corrected chi connectivity index (χ4v) is 3.95. The van der Waals surface area contributed by atoms with E-state index in [2.05, 4.69) is 35.7 Å². The Morgan fingerprint density at radius 3 is 2.94 bits per heavy atom. The smallest absolute Gasteiger partial charge is 0.227 e. The predicted molar refractivity (Wildman–Crippen MR) is 76.6 cm³/mol. The van der Waals surface area contributed by atoms with E-state index in [-0.39, 0.29) is 5.91 Å². The molecule has 1 aromatic heterocycles. The molecular weight excluding hydrogens is 262 g/mol. The first-order valence-electron chi connectivity index (χ1n) is 5.85. The van der Waals surface area contributed by atoms with Crippen LogP contribution < -0.4 is 4.90 Å². The van der Waals surface area contributed by atoms with Gasteiger partial charge in [0.15, 0.2) is 0 Å². The van der Waals surface area contributed by atoms with Crippen molar-refractivity contribution in [3.63, 3.8) is 0 Å². The lowest BCUT2D eigenvalue weighted by molar-refractivity contribution is -0.118. The fraction of sp³-hybridized carbons (Fsp3) is 0.214. The summed E-state index contributed by atoms with van der Waals surface area (Å²) in [7, 11) is 1.85. The summed E-state index contributed by atoms with van der Waals surface area (Å²) < 4.78 is 1.30. The molecule has 1 aromatic carbocycles. The van der Waals surface area contributed by atoms with Gasteiger partial charge in [0, 0.05) is 24.1 Å². The molecule has 92 valence electrons. The number of benzene rings is 1. The molecule has 2 nitrogen and oxygen atoms in total. The molecule has 1 aliphatic heterocycles. The zero-order chi connectivity index (χ0) is 12.5. The summed E-state index contributed by atoms with van der Waals surface area (Å²) in [5.41, 5.74) is 2.33. The molecular formula is C14H13NOS2. The van der Waals surface area contributed by atoms with Gasteiger partial charge in [-0.15, -0.1) is 11.3 Å². The maximum absolute atomic E-state index is 11.6. The molecule has 0 atom stereocenters. The predicted octanol–water partition coefficient (Wildman–Crippen LogP) is 3.81. The second-order valence-electron chi connectivity index (χ2n) is 4.28. The van der Waals surface area contributed by atoms with E-state index in [1.807, 2.05) is 7.05 Å². The van der Waals surface area contributed by atoms with Crippen molar-refractivity contribution >= 4 is 34.7 Å². The van der Waals surface area contributed by atoms with Crippen LogP contribution in [-0.2, 0) is 11.2 Å². The normalized spacial score (nSPS) is 14.7. The number of hydrogen-bond donors (Lipinski definition) is 0. The van der Waals surface area contributed by atoms with E-state index in [0.717, 1.165) is 12.1 Å². The van der Waals surface area contributed by atoms with Gasteiger partial charge in [-0.3, -0.25) is 4.79 Å². The summed E-state index contributed by atoms with van der Waals surface area (Å²) >= 11 is 3.54. The molecule has 0 N–H and O–H groups in total. The van der Waals surface area contributed by atoms with Gasteiger partial charge in [0.1, 0.15) is 0 Å². The lowest BCUT2D eigenvalue weighted by Gasteiger charge is -2.26. The zero-order valence-electron chi connectivity index (χ0n) is 10.1. The maximum Gasteiger partial charge on any atom is 0.227 e. The van der Waals surface area contributed by atoms with E-state index in [1.165, 1.54) is 14.7 Å². The Morgan fingerprint density at radius 2 is 2.17 bits per heavy atom. The third kappa shape index (κ3) is 2.18. The van der Waals surface area contributed by atoms with Gasteiger partial charge in [-0.25, -0.2) is 0 Å². The molecule has 0 saturated carbocycles. The van der Waals surface area contributed by atoms with Gasteiger partial charge >= 0.3 is 0 Å². The Hall–Kier alpha value is -1.26. The van der Waals surface area contributed by atoms with Crippen LogP contribution >= 0.6 is 23.1 Å². The van der Waals surface area contributed by atoms with Crippen LogP contribution in [0.15, 0.2) is 44.8 Å². The highest BCUT2D eigenvalue weighted by Gasteiger charge is 2.20. The number of rotatable bonds is 2. The quantitative estimate of drug-likeness (QED) is 0.830. The third-order valence-corrected chi connectivity index (χ3v) is 5.14. The monoisotopic (exact) mass is 275 g/mol. The highest BCUT2D eigenvalue weighted by atomic mass is 32.2. The molecule has 0 spiro atoms. The van der Waals surface area contributed by atoms with Crippen LogP contribution in [0.1, 0.15) is 12.0 Å². The molecule has 2 aromatic rings. The number of carbonyl (C=O) groups excluding carboxylic acids is 1. The summed E-state index contributed by atoms with van der Waals surface area (Å²) in [6.07, 6.45) is 1.48. The first-order chi connectivity index (χ1) is 8.74. The second kappa shape index (κ2) is 4.78. The molecule has 18 heavy (non-hydrogen) atoms. The maximum atomic E-state index is 11.6. The summed E-state index contributed by atoms with van der Waals surface area (Å²) in [5.74, 6) is 0.209. The highest BCUT2D eigenvalue weighted by Crippen LogP contribution is 2.35. The Kier molecular flexibility index (Phi) is 3.14. The SMILES string of the molecule is CN1C(=O)CCc2cc(Sc3cccs3)ccc21. The third-order valence-electron chi connectivity index (χ3n) is 3.11. The summed E-state index contributed by atoms with van der Waals surface area (Å²) in [6.45, 7) is 0. The molecule has 1 amide bonds. The summed E-state index contributed by atoms with van der Waals surface area (Å²) in [4.78, 5) is 14.6. The van der Waals surface area contributed by atoms with Crippen LogP contribution in [0, 0.1) is 0 Å². The number of nitrogens with zero attached hydrogens (tertiary/aromatic N) is 1. The van der Waals surface area contributed by atoms with Gasteiger partial charge in [-0.2, -0.15) is 0 Å². The number of thiophene rings is 1. The molecule has 4 heteroatoms. The van der Waals surface area contributed by atoms with E-state index in [1.54, 1.807) is 28.0 Å². The van der Waals surface area contributed by atoms with E-state index in [0.29, 0.717) is 6.42 Å². The van der Waals surface area contributed by atoms with E-state index >= 15 is 0 Å². The molecule has 0 unspecified atom stereocenters. The van der Waals surface area contributed by atoms with Crippen molar-refractivity contribution in [2.45, 2.75) is 21.9 Å². The number of amides is 1. The molecule has 0 saturated heterocycles. The zero-order valence-corrected chi connectivity index (χ0v) is 11.7. The van der Waals surface area contributed by atoms with Gasteiger partial charge in [-0.1, -0.05) is 17.8 Å². The second-order valence-corrected chi connectivity index (χ2v) is 6.60. The molecule has 0 fully saturated rings. The highest BCUT2D eigenvalue weighted by molar-refractivity contribution is 8.01. The van der Waals surface area contributed by atoms with Gasteiger partial charge in [-0.05, 0) is 41.6 Å². The van der Waals surface area contributed by atoms with Crippen LogP contribution in [0.5, 0.6) is 0 Å². The number of hydrogen-bond acceptors (Lipinski definition) is 3. The Morgan fingerprint density at radius 1 is 1.28 bits per heavy atom. The van der Waals surface area contributed by atoms with Crippen molar-refractivity contribution in [3.05, 3.63) is 41.3 Å². The minimum atomic E-state index is 0.209. The van der Waals surface area contributed by atoms with E-state index < -0.39 is 0 Å². The number of anilines is 1. The lowest BCUT2D eigenvalue weighted by atomic mass is 10.0. The standard InChI is InChI=1S/C14H13NOS2/c1-15-12-6-5-11(18-14-3-2-8-17-14)9-10(12)4-7-13(15)16/h2-3,5-6,8-9H,4,7H2,1H3. The average Bonchev–Trinajstić information content (AvgIpc) is 2.87. The minimum Gasteiger partial charge on any atom is -0.315 e. The van der Waals surface area contributed by atoms with Crippen LogP contribution in [0.3, 0.4) is 0 Å². The van der Waals surface area contributed by atoms with Gasteiger partial charge in [0.25, 0.3) is 0 Å². The summed E-state index contributed by atoms with van der Waals surface area (Å²) in [5, 5.41) is 2.09. The number of aryl methyl sites for hydroxylation is 1. The molecule has 2 heterocycles. The van der Waals surface area contributed by atoms with Crippen molar-refractivity contribution in [1.82, 2.24) is 0 Å². The largest absolute Gasteiger partial charge is 0.315 e. The van der Waals surface area contributed by atoms with Crippen LogP contribution in [0.2, 0.25) is 0 Å². The molecule has 1 aliphatic rings. The first kappa shape index (κ1) is 11.8. The van der Waals surface area contributed by atoms with Crippen molar-refractivity contribution in [3.8, 4) is 0 Å². The lowest BCUT2D eigenvalue weighted by Crippen LogP contribution is -2.30. The summed E-state index contributed by atoms with van der Waals surface area (Å²) in [6, 6.07) is 10.6. The Balaban J connectivity index is 1.89. The van der Waals surface area contributed by atoms with Crippen molar-refractivity contribution in [1.29, 1.82) is 0 Å². The topological polar surface area (TPSA) is 20.3 Å². The van der Waals surface area contributed by atoms with Crippen molar-refractivity contribution in [2.24, 2.45) is 0 Å². The molecule has 0 bridgehead atoms. The van der Waals surface area contributed by atoms with Gasteiger partial charge < -0.3 is 4.90 Å². The molecule has 0 radical (unpaired) electrons. The number of carbonyl (C=O) groups is 1.